The molecule has 9 heteroatoms. The first-order chi connectivity index (χ1) is 16.6. The molecule has 7 nitrogen and oxygen atoms in total. The van der Waals surface area contributed by atoms with Gasteiger partial charge < -0.3 is 11.1 Å². The number of hydrogen-bond acceptors (Lipinski definition) is 6. The number of fused-ring (bicyclic) bond motifs is 1. The van der Waals surface area contributed by atoms with Gasteiger partial charge in [-0.05, 0) is 49.1 Å². The molecule has 3 aromatic rings. The predicted octanol–water partition coefficient (Wildman–Crippen LogP) is 3.77. The molecule has 35 heavy (non-hydrogen) atoms. The van der Waals surface area contributed by atoms with E-state index >= 15 is 0 Å². The number of primary amides is 1. The van der Waals surface area contributed by atoms with Crippen LogP contribution in [-0.4, -0.2) is 36.9 Å². The Morgan fingerprint density at radius 1 is 1.06 bits per heavy atom. The molecule has 0 saturated carbocycles. The topological polar surface area (TPSA) is 110 Å². The van der Waals surface area contributed by atoms with E-state index < -0.39 is 21.0 Å². The third-order valence-electron chi connectivity index (χ3n) is 6.12. The van der Waals surface area contributed by atoms with Gasteiger partial charge in [-0.25, -0.2) is 8.42 Å². The lowest BCUT2D eigenvalue weighted by atomic mass is 10.0. The van der Waals surface area contributed by atoms with Crippen molar-refractivity contribution in [3.63, 3.8) is 0 Å². The van der Waals surface area contributed by atoms with Crippen molar-refractivity contribution in [3.8, 4) is 0 Å². The van der Waals surface area contributed by atoms with Crippen molar-refractivity contribution in [2.24, 2.45) is 5.73 Å². The number of rotatable bonds is 8. The molecule has 4 rings (SSSR count). The fourth-order valence-corrected chi connectivity index (χ4v) is 6.58. The summed E-state index contributed by atoms with van der Waals surface area (Å²) in [4.78, 5) is 28.6. The first-order valence-corrected chi connectivity index (χ1v) is 13.8. The second-order valence-corrected chi connectivity index (χ2v) is 12.6. The molecule has 2 aromatic carbocycles. The minimum Gasteiger partial charge on any atom is -0.365 e. The van der Waals surface area contributed by atoms with Crippen molar-refractivity contribution in [3.05, 3.63) is 81.7 Å². The number of hydrogen-bond donors (Lipinski definition) is 2. The third-order valence-corrected chi connectivity index (χ3v) is 9.42. The Balaban J connectivity index is 1.47. The van der Waals surface area contributed by atoms with E-state index in [1.165, 1.54) is 29.0 Å². The van der Waals surface area contributed by atoms with Gasteiger partial charge in [0.25, 0.3) is 5.91 Å². The van der Waals surface area contributed by atoms with Crippen LogP contribution in [0.3, 0.4) is 0 Å². The Labute approximate surface area is 209 Å². The van der Waals surface area contributed by atoms with Gasteiger partial charge in [0.15, 0.2) is 9.84 Å². The van der Waals surface area contributed by atoms with Crippen molar-refractivity contribution in [2.75, 3.05) is 11.9 Å². The van der Waals surface area contributed by atoms with Crippen LogP contribution in [0.2, 0.25) is 0 Å². The number of sulfone groups is 1. The summed E-state index contributed by atoms with van der Waals surface area (Å²) in [5.41, 5.74) is 8.93. The molecule has 0 spiro atoms. The van der Waals surface area contributed by atoms with Crippen molar-refractivity contribution >= 4 is 38.0 Å². The highest BCUT2D eigenvalue weighted by molar-refractivity contribution is 7.92. The Morgan fingerprint density at radius 2 is 1.74 bits per heavy atom. The van der Waals surface area contributed by atoms with Gasteiger partial charge in [0.2, 0.25) is 5.91 Å². The average molecular weight is 512 g/mol. The van der Waals surface area contributed by atoms with Crippen molar-refractivity contribution in [2.45, 2.75) is 49.9 Å². The minimum atomic E-state index is -3.37. The van der Waals surface area contributed by atoms with Gasteiger partial charge in [-0.1, -0.05) is 42.5 Å². The summed E-state index contributed by atoms with van der Waals surface area (Å²) in [5.74, 6) is -0.829. The minimum absolute atomic E-state index is 0.0584. The van der Waals surface area contributed by atoms with Gasteiger partial charge in [0.1, 0.15) is 5.00 Å². The first kappa shape index (κ1) is 25.1. The molecule has 184 valence electrons. The maximum atomic E-state index is 12.8. The lowest BCUT2D eigenvalue weighted by Gasteiger charge is -2.27. The summed E-state index contributed by atoms with van der Waals surface area (Å²) in [7, 11) is -3.37. The van der Waals surface area contributed by atoms with E-state index in [4.69, 9.17) is 5.73 Å². The van der Waals surface area contributed by atoms with Gasteiger partial charge in [0, 0.05) is 24.5 Å². The molecular weight excluding hydrogens is 482 g/mol. The van der Waals surface area contributed by atoms with Crippen LogP contribution in [0.1, 0.15) is 45.8 Å². The van der Waals surface area contributed by atoms with Crippen LogP contribution in [0.25, 0.3) is 0 Å². The molecule has 0 saturated heterocycles. The molecular formula is C26H29N3O4S2. The van der Waals surface area contributed by atoms with Crippen LogP contribution in [0.15, 0.2) is 59.5 Å². The molecule has 0 unspecified atom stereocenters. The summed E-state index contributed by atoms with van der Waals surface area (Å²) in [6.07, 6.45) is 0.751. The van der Waals surface area contributed by atoms with Gasteiger partial charge in [0.05, 0.1) is 22.1 Å². The number of carbonyl (C=O) groups is 2. The number of carbonyl (C=O) groups excluding carboxylic acids is 2. The zero-order valence-corrected chi connectivity index (χ0v) is 21.4. The summed E-state index contributed by atoms with van der Waals surface area (Å²) < 4.78 is 24.6. The SMILES string of the molecule is CC(C)S(=O)(=O)c1ccc(CC(=O)Nc2sc3c(c2C(N)=O)CCN(Cc2ccccc2)C3)cc1. The van der Waals surface area contributed by atoms with E-state index in [0.717, 1.165) is 23.5 Å². The van der Waals surface area contributed by atoms with Crippen molar-refractivity contribution < 1.29 is 18.0 Å². The van der Waals surface area contributed by atoms with E-state index in [9.17, 15) is 18.0 Å². The van der Waals surface area contributed by atoms with Gasteiger partial charge >= 0.3 is 0 Å². The molecule has 0 radical (unpaired) electrons. The monoisotopic (exact) mass is 511 g/mol. The lowest BCUT2D eigenvalue weighted by molar-refractivity contribution is -0.115. The predicted molar refractivity (Wildman–Crippen MR) is 138 cm³/mol. The molecule has 1 aliphatic rings. The van der Waals surface area contributed by atoms with Crippen LogP contribution >= 0.6 is 11.3 Å². The van der Waals surface area contributed by atoms with Gasteiger partial charge in [-0.15, -0.1) is 11.3 Å². The fraction of sp³-hybridized carbons (Fsp3) is 0.308. The first-order valence-electron chi connectivity index (χ1n) is 11.5. The standard InChI is InChI=1S/C26H29N3O4S2/c1-17(2)35(32,33)20-10-8-18(9-11-20)14-23(30)28-26-24(25(27)31)21-12-13-29(16-22(21)34-26)15-19-6-4-3-5-7-19/h3-11,17H,12-16H2,1-2H3,(H2,27,31)(H,28,30). The van der Waals surface area contributed by atoms with Crippen LogP contribution in [0.4, 0.5) is 5.00 Å². The number of nitrogens with two attached hydrogens (primary N) is 1. The number of amides is 2. The number of nitrogens with zero attached hydrogens (tertiary/aromatic N) is 1. The van der Waals surface area contributed by atoms with E-state index in [-0.39, 0.29) is 17.2 Å². The molecule has 1 aromatic heterocycles. The highest BCUT2D eigenvalue weighted by Crippen LogP contribution is 2.37. The zero-order valence-electron chi connectivity index (χ0n) is 19.8. The second kappa shape index (κ2) is 10.3. The third kappa shape index (κ3) is 5.63. The molecule has 2 heterocycles. The van der Waals surface area contributed by atoms with Crippen LogP contribution in [0.5, 0.6) is 0 Å². The summed E-state index contributed by atoms with van der Waals surface area (Å²) in [5, 5.41) is 2.83. The zero-order chi connectivity index (χ0) is 25.2. The van der Waals surface area contributed by atoms with Crippen LogP contribution < -0.4 is 11.1 Å². The molecule has 0 bridgehead atoms. The summed E-state index contributed by atoms with van der Waals surface area (Å²) in [6, 6.07) is 16.6. The molecule has 0 atom stereocenters. The van der Waals surface area contributed by atoms with Crippen molar-refractivity contribution in [1.29, 1.82) is 0 Å². The largest absolute Gasteiger partial charge is 0.365 e. The second-order valence-electron chi connectivity index (χ2n) is 8.98. The normalized spacial score (nSPS) is 14.0. The number of thiophene rings is 1. The maximum Gasteiger partial charge on any atom is 0.251 e. The highest BCUT2D eigenvalue weighted by atomic mass is 32.2. The van der Waals surface area contributed by atoms with E-state index in [0.29, 0.717) is 29.1 Å². The number of anilines is 1. The van der Waals surface area contributed by atoms with E-state index in [1.54, 1.807) is 26.0 Å². The highest BCUT2D eigenvalue weighted by Gasteiger charge is 2.28. The van der Waals surface area contributed by atoms with Gasteiger partial charge in [-0.2, -0.15) is 0 Å². The van der Waals surface area contributed by atoms with Crippen LogP contribution in [0, 0.1) is 0 Å². The molecule has 1 aliphatic heterocycles. The lowest BCUT2D eigenvalue weighted by Crippen LogP contribution is -2.30. The molecule has 0 aliphatic carbocycles. The Kier molecular flexibility index (Phi) is 7.39. The fourth-order valence-electron chi connectivity index (χ4n) is 4.21. The molecule has 0 fully saturated rings. The average Bonchev–Trinajstić information content (AvgIpc) is 3.17. The summed E-state index contributed by atoms with van der Waals surface area (Å²) in [6.45, 7) is 5.58. The molecule has 2 amide bonds. The van der Waals surface area contributed by atoms with E-state index in [1.807, 2.05) is 18.2 Å². The van der Waals surface area contributed by atoms with Crippen LogP contribution in [-0.2, 0) is 40.6 Å². The summed E-state index contributed by atoms with van der Waals surface area (Å²) >= 11 is 1.40. The number of nitrogens with one attached hydrogen (secondary N) is 1. The Morgan fingerprint density at radius 3 is 2.37 bits per heavy atom. The Hall–Kier alpha value is -3.01. The maximum absolute atomic E-state index is 12.8. The number of benzene rings is 2. The Bertz CT molecular complexity index is 1330. The van der Waals surface area contributed by atoms with Crippen molar-refractivity contribution in [1.82, 2.24) is 4.90 Å². The van der Waals surface area contributed by atoms with Gasteiger partial charge in [-0.3, -0.25) is 14.5 Å². The molecule has 3 N–H and O–H groups in total. The smallest absolute Gasteiger partial charge is 0.251 e. The quantitative estimate of drug-likeness (QED) is 0.479. The van der Waals surface area contributed by atoms with E-state index in [2.05, 4.69) is 22.3 Å².